The summed E-state index contributed by atoms with van der Waals surface area (Å²) in [4.78, 5) is 13.6. The predicted octanol–water partition coefficient (Wildman–Crippen LogP) is 7.13. The van der Waals surface area contributed by atoms with E-state index in [4.69, 9.17) is 17.0 Å². The summed E-state index contributed by atoms with van der Waals surface area (Å²) in [6.07, 6.45) is 0. The van der Waals surface area contributed by atoms with E-state index in [9.17, 15) is 13.2 Å². The first kappa shape index (κ1) is 28.3. The molecule has 0 radical (unpaired) electrons. The lowest BCUT2D eigenvalue weighted by molar-refractivity contribution is 0.0528. The Kier molecular flexibility index (Phi) is 8.69. The molecule has 7 nitrogen and oxygen atoms in total. The molecule has 0 aliphatic carbocycles. The van der Waals surface area contributed by atoms with Gasteiger partial charge >= 0.3 is 5.97 Å². The van der Waals surface area contributed by atoms with Gasteiger partial charge in [0, 0.05) is 10.6 Å². The number of hydrogen-bond acceptors (Lipinski definition) is 6. The third-order valence-electron chi connectivity index (χ3n) is 5.85. The minimum atomic E-state index is -3.79. The number of thiophene rings is 1. The van der Waals surface area contributed by atoms with Crippen LogP contribution in [0, 0.1) is 20.8 Å². The molecule has 0 bridgehead atoms. The summed E-state index contributed by atoms with van der Waals surface area (Å²) >= 11 is 6.88. The van der Waals surface area contributed by atoms with Gasteiger partial charge in [-0.05, 0) is 86.9 Å². The van der Waals surface area contributed by atoms with E-state index in [0.29, 0.717) is 21.9 Å². The first-order chi connectivity index (χ1) is 18.6. The van der Waals surface area contributed by atoms with Crippen molar-refractivity contribution in [2.75, 3.05) is 22.0 Å². The van der Waals surface area contributed by atoms with Gasteiger partial charge < -0.3 is 15.4 Å². The normalized spacial score (nSPS) is 11.1. The lowest BCUT2D eigenvalue weighted by atomic mass is 10.1. The highest BCUT2D eigenvalue weighted by Crippen LogP contribution is 2.36. The molecular weight excluding hydrogens is 551 g/mol. The van der Waals surface area contributed by atoms with E-state index < -0.39 is 16.0 Å². The molecule has 1 heterocycles. The molecule has 4 aromatic rings. The van der Waals surface area contributed by atoms with Gasteiger partial charge in [0.2, 0.25) is 0 Å². The van der Waals surface area contributed by atoms with Crippen molar-refractivity contribution in [3.8, 4) is 10.4 Å². The molecule has 0 saturated carbocycles. The largest absolute Gasteiger partial charge is 0.462 e. The molecule has 0 fully saturated rings. The van der Waals surface area contributed by atoms with Crippen molar-refractivity contribution in [1.29, 1.82) is 0 Å². The Labute approximate surface area is 238 Å². The Balaban J connectivity index is 1.49. The molecule has 0 unspecified atom stereocenters. The van der Waals surface area contributed by atoms with Crippen LogP contribution in [-0.2, 0) is 14.8 Å². The summed E-state index contributed by atoms with van der Waals surface area (Å²) < 4.78 is 34.0. The van der Waals surface area contributed by atoms with Crippen LogP contribution >= 0.6 is 23.6 Å². The molecule has 3 N–H and O–H groups in total. The second-order valence-electron chi connectivity index (χ2n) is 8.92. The number of carbonyl (C=O) groups is 1. The van der Waals surface area contributed by atoms with Gasteiger partial charge in [0.25, 0.3) is 10.0 Å². The van der Waals surface area contributed by atoms with Crippen LogP contribution < -0.4 is 15.4 Å². The molecule has 4 rings (SSSR count). The Morgan fingerprint density at radius 1 is 0.923 bits per heavy atom. The quantitative estimate of drug-likeness (QED) is 0.151. The summed E-state index contributed by atoms with van der Waals surface area (Å²) in [5, 5.41) is 6.94. The maximum absolute atomic E-state index is 13.0. The molecule has 0 aliphatic heterocycles. The van der Waals surface area contributed by atoms with E-state index >= 15 is 0 Å². The molecule has 10 heteroatoms. The predicted molar refractivity (Wildman–Crippen MR) is 163 cm³/mol. The van der Waals surface area contributed by atoms with Crippen molar-refractivity contribution in [3.63, 3.8) is 0 Å². The SMILES string of the molecule is CCOC(=O)c1cc(-c2ccccc2)sc1NC(=S)Nc1ccc(S(=O)(=O)Nc2c(C)cc(C)cc2C)cc1. The third kappa shape index (κ3) is 6.83. The van der Waals surface area contributed by atoms with E-state index in [-0.39, 0.29) is 16.6 Å². The maximum Gasteiger partial charge on any atom is 0.341 e. The number of sulfonamides is 1. The van der Waals surface area contributed by atoms with E-state index in [0.717, 1.165) is 27.1 Å². The lowest BCUT2D eigenvalue weighted by Crippen LogP contribution is -2.20. The van der Waals surface area contributed by atoms with Gasteiger partial charge in [0.1, 0.15) is 5.00 Å². The Morgan fingerprint density at radius 3 is 2.18 bits per heavy atom. The van der Waals surface area contributed by atoms with Gasteiger partial charge in [-0.25, -0.2) is 13.2 Å². The van der Waals surface area contributed by atoms with E-state index in [1.54, 1.807) is 25.1 Å². The highest BCUT2D eigenvalue weighted by Gasteiger charge is 2.20. The van der Waals surface area contributed by atoms with Crippen molar-refractivity contribution < 1.29 is 17.9 Å². The van der Waals surface area contributed by atoms with E-state index in [1.165, 1.54) is 23.5 Å². The monoisotopic (exact) mass is 579 g/mol. The topological polar surface area (TPSA) is 96.5 Å². The molecule has 0 atom stereocenters. The molecule has 0 spiro atoms. The average Bonchev–Trinajstić information content (AvgIpc) is 3.31. The number of esters is 1. The summed E-state index contributed by atoms with van der Waals surface area (Å²) in [6, 6.07) is 21.7. The molecule has 1 aromatic heterocycles. The zero-order chi connectivity index (χ0) is 28.2. The van der Waals surface area contributed by atoms with Gasteiger partial charge in [0.15, 0.2) is 5.11 Å². The number of ether oxygens (including phenoxy) is 1. The smallest absolute Gasteiger partial charge is 0.341 e. The first-order valence-corrected chi connectivity index (χ1v) is 14.9. The minimum Gasteiger partial charge on any atom is -0.462 e. The number of rotatable bonds is 8. The van der Waals surface area contributed by atoms with Crippen molar-refractivity contribution in [1.82, 2.24) is 0 Å². The minimum absolute atomic E-state index is 0.127. The molecular formula is C29H29N3O4S3. The number of hydrogen-bond donors (Lipinski definition) is 3. The fourth-order valence-corrected chi connectivity index (χ4v) is 6.65. The van der Waals surface area contributed by atoms with Crippen LogP contribution in [-0.4, -0.2) is 26.1 Å². The number of anilines is 3. The van der Waals surface area contributed by atoms with Crippen molar-refractivity contribution in [2.45, 2.75) is 32.6 Å². The molecule has 3 aromatic carbocycles. The lowest BCUT2D eigenvalue weighted by Gasteiger charge is -2.15. The van der Waals surface area contributed by atoms with Crippen LogP contribution in [0.1, 0.15) is 34.0 Å². The van der Waals surface area contributed by atoms with E-state index in [2.05, 4.69) is 15.4 Å². The second-order valence-corrected chi connectivity index (χ2v) is 12.1. The van der Waals surface area contributed by atoms with Crippen molar-refractivity contribution >= 4 is 61.0 Å². The van der Waals surface area contributed by atoms with Gasteiger partial charge in [-0.2, -0.15) is 0 Å². The summed E-state index contributed by atoms with van der Waals surface area (Å²) in [6.45, 7) is 7.74. The fourth-order valence-electron chi connectivity index (χ4n) is 4.11. The number of thiocarbonyl (C=S) groups is 1. The van der Waals surface area contributed by atoms with Crippen LogP contribution in [0.4, 0.5) is 16.4 Å². The van der Waals surface area contributed by atoms with Crippen LogP contribution in [0.3, 0.4) is 0 Å². The summed E-state index contributed by atoms with van der Waals surface area (Å²) in [5.41, 5.74) is 5.32. The van der Waals surface area contributed by atoms with Crippen LogP contribution in [0.5, 0.6) is 0 Å². The van der Waals surface area contributed by atoms with Crippen molar-refractivity contribution in [2.24, 2.45) is 0 Å². The zero-order valence-corrected chi connectivity index (χ0v) is 24.4. The highest BCUT2D eigenvalue weighted by molar-refractivity contribution is 7.92. The van der Waals surface area contributed by atoms with Gasteiger partial charge in [0.05, 0.1) is 22.8 Å². The van der Waals surface area contributed by atoms with Gasteiger partial charge in [-0.15, -0.1) is 11.3 Å². The zero-order valence-electron chi connectivity index (χ0n) is 22.0. The van der Waals surface area contributed by atoms with Crippen LogP contribution in [0.15, 0.2) is 77.7 Å². The highest BCUT2D eigenvalue weighted by atomic mass is 32.2. The van der Waals surface area contributed by atoms with E-state index in [1.807, 2.05) is 63.2 Å². The third-order valence-corrected chi connectivity index (χ3v) is 8.52. The number of aryl methyl sites for hydroxylation is 3. The Bertz CT molecular complexity index is 1590. The van der Waals surface area contributed by atoms with Crippen LogP contribution in [0.2, 0.25) is 0 Å². The molecule has 0 saturated heterocycles. The number of benzene rings is 3. The number of carbonyl (C=O) groups excluding carboxylic acids is 1. The standard InChI is InChI=1S/C29H29N3O4S3/c1-5-36-28(33)24-17-25(21-9-7-6-8-10-21)38-27(24)31-29(37)30-22-11-13-23(14-12-22)39(34,35)32-26-19(3)15-18(2)16-20(26)4/h6-17,32H,5H2,1-4H3,(H2,30,31,37). The summed E-state index contributed by atoms with van der Waals surface area (Å²) in [7, 11) is -3.79. The molecule has 0 aliphatic rings. The van der Waals surface area contributed by atoms with Gasteiger partial charge in [-0.3, -0.25) is 4.72 Å². The Morgan fingerprint density at radius 2 is 1.56 bits per heavy atom. The number of nitrogens with one attached hydrogen (secondary N) is 3. The average molecular weight is 580 g/mol. The van der Waals surface area contributed by atoms with Gasteiger partial charge in [-0.1, -0.05) is 48.0 Å². The molecule has 202 valence electrons. The molecule has 39 heavy (non-hydrogen) atoms. The Hall–Kier alpha value is -3.73. The molecule has 0 amide bonds. The van der Waals surface area contributed by atoms with Crippen LogP contribution in [0.25, 0.3) is 10.4 Å². The second kappa shape index (κ2) is 12.0. The first-order valence-electron chi connectivity index (χ1n) is 12.2. The summed E-state index contributed by atoms with van der Waals surface area (Å²) in [5.74, 6) is -0.442. The fraction of sp³-hybridized carbons (Fsp3) is 0.172. The maximum atomic E-state index is 13.0. The van der Waals surface area contributed by atoms with Crippen molar-refractivity contribution in [3.05, 3.63) is 95.1 Å².